The summed E-state index contributed by atoms with van der Waals surface area (Å²) in [6.45, 7) is 6.03. The Hall–Kier alpha value is -1.15. The fraction of sp³-hybridized carbons (Fsp3) is 0.500. The first-order chi connectivity index (χ1) is 7.56. The molecule has 0 saturated carbocycles. The lowest BCUT2D eigenvalue weighted by Gasteiger charge is -2.16. The molecule has 2 heteroatoms. The third kappa shape index (κ3) is 3.17. The maximum absolute atomic E-state index is 10.3. The predicted octanol–water partition coefficient (Wildman–Crippen LogP) is 2.82. The van der Waals surface area contributed by atoms with Crippen molar-refractivity contribution in [2.45, 2.75) is 39.7 Å². The number of aryl methyl sites for hydroxylation is 2. The van der Waals surface area contributed by atoms with Crippen molar-refractivity contribution in [1.29, 1.82) is 0 Å². The first-order valence-corrected chi connectivity index (χ1v) is 5.77. The minimum atomic E-state index is -0.404. The highest BCUT2D eigenvalue weighted by molar-refractivity contribution is 5.50. The van der Waals surface area contributed by atoms with E-state index in [1.54, 1.807) is 0 Å². The lowest BCUT2D eigenvalue weighted by Crippen LogP contribution is -2.06. The van der Waals surface area contributed by atoms with E-state index in [2.05, 4.69) is 0 Å². The molecule has 1 rings (SSSR count). The van der Waals surface area contributed by atoms with Gasteiger partial charge in [0.05, 0.1) is 6.10 Å². The maximum Gasteiger partial charge on any atom is 0.120 e. The Balaban J connectivity index is 2.85. The number of hydrogen-bond acceptors (Lipinski definition) is 2. The van der Waals surface area contributed by atoms with E-state index in [4.69, 9.17) is 0 Å². The van der Waals surface area contributed by atoms with Gasteiger partial charge in [0.2, 0.25) is 0 Å². The topological polar surface area (TPSA) is 37.3 Å². The number of aldehydes is 1. The molecular weight excluding hydrogens is 200 g/mol. The van der Waals surface area contributed by atoms with Gasteiger partial charge in [-0.25, -0.2) is 0 Å². The van der Waals surface area contributed by atoms with Gasteiger partial charge in [-0.2, -0.15) is 0 Å². The van der Waals surface area contributed by atoms with Crippen LogP contribution in [0.1, 0.15) is 43.1 Å². The Bertz CT molecular complexity index is 356. The number of aliphatic hydroxyl groups excluding tert-OH is 1. The second kappa shape index (κ2) is 5.80. The summed E-state index contributed by atoms with van der Waals surface area (Å²) in [5.41, 5.74) is 3.30. The highest BCUT2D eigenvalue weighted by atomic mass is 16.3. The van der Waals surface area contributed by atoms with Gasteiger partial charge >= 0.3 is 0 Å². The zero-order valence-corrected chi connectivity index (χ0v) is 10.2. The van der Waals surface area contributed by atoms with Crippen LogP contribution in [0.25, 0.3) is 0 Å². The molecule has 0 bridgehead atoms. The van der Waals surface area contributed by atoms with Gasteiger partial charge in [0.15, 0.2) is 0 Å². The quantitative estimate of drug-likeness (QED) is 0.775. The summed E-state index contributed by atoms with van der Waals surface area (Å²) in [6, 6.07) is 5.99. The van der Waals surface area contributed by atoms with Crippen molar-refractivity contribution in [1.82, 2.24) is 0 Å². The van der Waals surface area contributed by atoms with Gasteiger partial charge < -0.3 is 9.90 Å². The average Bonchev–Trinajstić information content (AvgIpc) is 2.26. The Kier molecular flexibility index (Phi) is 4.69. The Morgan fingerprint density at radius 1 is 1.38 bits per heavy atom. The van der Waals surface area contributed by atoms with Crippen molar-refractivity contribution in [3.8, 4) is 0 Å². The van der Waals surface area contributed by atoms with Crippen molar-refractivity contribution in [2.75, 3.05) is 0 Å². The second-order valence-electron chi connectivity index (χ2n) is 4.58. The Morgan fingerprint density at radius 2 is 2.06 bits per heavy atom. The van der Waals surface area contributed by atoms with E-state index in [0.29, 0.717) is 6.42 Å². The van der Waals surface area contributed by atoms with E-state index >= 15 is 0 Å². The molecule has 2 nitrogen and oxygen atoms in total. The fourth-order valence-electron chi connectivity index (χ4n) is 1.78. The largest absolute Gasteiger partial charge is 0.388 e. The maximum atomic E-state index is 10.3. The number of carbonyl (C=O) groups excluding carboxylic acids is 1. The molecule has 1 aromatic carbocycles. The van der Waals surface area contributed by atoms with Gasteiger partial charge in [-0.1, -0.05) is 32.0 Å². The van der Waals surface area contributed by atoms with Crippen LogP contribution in [0.5, 0.6) is 0 Å². The number of benzene rings is 1. The molecule has 0 aliphatic heterocycles. The molecule has 1 aromatic rings. The highest BCUT2D eigenvalue weighted by Gasteiger charge is 2.12. The van der Waals surface area contributed by atoms with Crippen molar-refractivity contribution in [3.63, 3.8) is 0 Å². The Morgan fingerprint density at radius 3 is 2.56 bits per heavy atom. The van der Waals surface area contributed by atoms with Crippen molar-refractivity contribution in [2.24, 2.45) is 5.92 Å². The van der Waals surface area contributed by atoms with E-state index in [0.717, 1.165) is 23.8 Å². The molecule has 16 heavy (non-hydrogen) atoms. The van der Waals surface area contributed by atoms with Crippen molar-refractivity contribution in [3.05, 3.63) is 34.9 Å². The van der Waals surface area contributed by atoms with Crippen LogP contribution in [-0.4, -0.2) is 11.4 Å². The summed E-state index contributed by atoms with van der Waals surface area (Å²) in [5, 5.41) is 9.93. The van der Waals surface area contributed by atoms with Crippen LogP contribution in [0.4, 0.5) is 0 Å². The van der Waals surface area contributed by atoms with E-state index in [1.165, 1.54) is 5.56 Å². The molecule has 1 atom stereocenters. The molecule has 0 aliphatic carbocycles. The smallest absolute Gasteiger partial charge is 0.120 e. The first kappa shape index (κ1) is 12.9. The summed E-state index contributed by atoms with van der Waals surface area (Å²) >= 11 is 0. The molecule has 0 aliphatic rings. The standard InChI is InChI=1S/C14H20O2/c1-10(2)14(16)13-7-6-12(5-4-8-15)11(3)9-13/h6-10,14,16H,4-5H2,1-3H3. The average molecular weight is 220 g/mol. The summed E-state index contributed by atoms with van der Waals surface area (Å²) in [7, 11) is 0. The second-order valence-corrected chi connectivity index (χ2v) is 4.58. The molecule has 88 valence electrons. The molecule has 0 saturated heterocycles. The summed E-state index contributed by atoms with van der Waals surface area (Å²) in [4.78, 5) is 10.3. The minimum absolute atomic E-state index is 0.222. The minimum Gasteiger partial charge on any atom is -0.388 e. The third-order valence-corrected chi connectivity index (χ3v) is 2.87. The van der Waals surface area contributed by atoms with Crippen molar-refractivity contribution >= 4 is 6.29 Å². The fourth-order valence-corrected chi connectivity index (χ4v) is 1.78. The van der Waals surface area contributed by atoms with Gasteiger partial charge in [-0.15, -0.1) is 0 Å². The van der Waals surface area contributed by atoms with Gasteiger partial charge in [0.1, 0.15) is 6.29 Å². The van der Waals surface area contributed by atoms with Crippen molar-refractivity contribution < 1.29 is 9.90 Å². The molecule has 1 N–H and O–H groups in total. The number of aliphatic hydroxyl groups is 1. The highest BCUT2D eigenvalue weighted by Crippen LogP contribution is 2.23. The van der Waals surface area contributed by atoms with Crippen LogP contribution < -0.4 is 0 Å². The SMILES string of the molecule is Cc1cc(C(O)C(C)C)ccc1CCC=O. The van der Waals surface area contributed by atoms with Gasteiger partial charge in [0, 0.05) is 6.42 Å². The molecular formula is C14H20O2. The summed E-state index contributed by atoms with van der Waals surface area (Å²) < 4.78 is 0. The summed E-state index contributed by atoms with van der Waals surface area (Å²) in [5.74, 6) is 0.222. The molecule has 0 spiro atoms. The van der Waals surface area contributed by atoms with Crippen LogP contribution >= 0.6 is 0 Å². The van der Waals surface area contributed by atoms with E-state index in [-0.39, 0.29) is 5.92 Å². The van der Waals surface area contributed by atoms with Crippen LogP contribution in [0, 0.1) is 12.8 Å². The lowest BCUT2D eigenvalue weighted by atomic mass is 9.94. The molecule has 1 unspecified atom stereocenters. The molecule has 0 fully saturated rings. The van der Waals surface area contributed by atoms with Crippen LogP contribution in [0.15, 0.2) is 18.2 Å². The number of rotatable bonds is 5. The normalized spacial score (nSPS) is 12.8. The number of carbonyl (C=O) groups is 1. The molecule has 0 aromatic heterocycles. The van der Waals surface area contributed by atoms with Crippen LogP contribution in [0.3, 0.4) is 0 Å². The molecule has 0 radical (unpaired) electrons. The van der Waals surface area contributed by atoms with E-state index in [1.807, 2.05) is 39.0 Å². The monoisotopic (exact) mass is 220 g/mol. The molecule has 0 heterocycles. The lowest BCUT2D eigenvalue weighted by molar-refractivity contribution is -0.107. The van der Waals surface area contributed by atoms with Crippen LogP contribution in [-0.2, 0) is 11.2 Å². The zero-order valence-electron chi connectivity index (χ0n) is 10.2. The van der Waals surface area contributed by atoms with Gasteiger partial charge in [-0.05, 0) is 36.0 Å². The van der Waals surface area contributed by atoms with E-state index < -0.39 is 6.10 Å². The number of hydrogen-bond donors (Lipinski definition) is 1. The van der Waals surface area contributed by atoms with Gasteiger partial charge in [0.25, 0.3) is 0 Å². The van der Waals surface area contributed by atoms with Gasteiger partial charge in [-0.3, -0.25) is 0 Å². The van der Waals surface area contributed by atoms with E-state index in [9.17, 15) is 9.90 Å². The predicted molar refractivity (Wildman–Crippen MR) is 65.4 cm³/mol. The summed E-state index contributed by atoms with van der Waals surface area (Å²) in [6.07, 6.45) is 1.88. The Labute approximate surface area is 97.3 Å². The van der Waals surface area contributed by atoms with Crippen LogP contribution in [0.2, 0.25) is 0 Å². The third-order valence-electron chi connectivity index (χ3n) is 2.87. The first-order valence-electron chi connectivity index (χ1n) is 5.77. The molecule has 0 amide bonds. The zero-order chi connectivity index (χ0) is 12.1.